The lowest BCUT2D eigenvalue weighted by Crippen LogP contribution is -2.08. The van der Waals surface area contributed by atoms with Crippen molar-refractivity contribution >= 4 is 17.1 Å². The van der Waals surface area contributed by atoms with Crippen LogP contribution >= 0.6 is 0 Å². The van der Waals surface area contributed by atoms with Crippen molar-refractivity contribution in [2.45, 2.75) is 13.3 Å². The summed E-state index contributed by atoms with van der Waals surface area (Å²) in [6, 6.07) is 11.9. The van der Waals surface area contributed by atoms with Crippen LogP contribution in [0.4, 0.5) is 4.79 Å². The number of hydrogen-bond acceptors (Lipinski definition) is 6. The zero-order chi connectivity index (χ0) is 17.8. The van der Waals surface area contributed by atoms with E-state index < -0.39 is 6.16 Å². The molecule has 0 aliphatic heterocycles. The molecule has 0 fully saturated rings. The zero-order valence-electron chi connectivity index (χ0n) is 13.8. The molecule has 0 N–H and O–H groups in total. The molecule has 0 unspecified atom stereocenters. The molecular weight excluding hydrogens is 324 g/mol. The lowest BCUT2D eigenvalue weighted by atomic mass is 10.2. The van der Waals surface area contributed by atoms with Crippen LogP contribution in [0.5, 0.6) is 17.2 Å². The van der Waals surface area contributed by atoms with Crippen LogP contribution < -0.4 is 14.9 Å². The first-order chi connectivity index (χ1) is 12.1. The van der Waals surface area contributed by atoms with Gasteiger partial charge < -0.3 is 18.6 Å². The van der Waals surface area contributed by atoms with Crippen LogP contribution in [0, 0.1) is 0 Å². The molecular formula is C19H16O6. The Morgan fingerprint density at radius 3 is 2.48 bits per heavy atom. The van der Waals surface area contributed by atoms with Crippen molar-refractivity contribution in [3.8, 4) is 17.2 Å². The SMILES string of the molecule is CCc1ccc(Oc2coc3cc(OC(=O)OC)ccc3c2=O)cc1. The van der Waals surface area contributed by atoms with Crippen LogP contribution in [-0.2, 0) is 11.2 Å². The Morgan fingerprint density at radius 1 is 1.08 bits per heavy atom. The Balaban J connectivity index is 1.90. The Bertz CT molecular complexity index is 956. The molecule has 1 aromatic heterocycles. The first kappa shape index (κ1) is 16.6. The summed E-state index contributed by atoms with van der Waals surface area (Å²) in [7, 11) is 1.21. The van der Waals surface area contributed by atoms with E-state index in [1.54, 1.807) is 12.1 Å². The fourth-order valence-corrected chi connectivity index (χ4v) is 2.28. The predicted octanol–water partition coefficient (Wildman–Crippen LogP) is 4.29. The van der Waals surface area contributed by atoms with E-state index in [1.807, 2.05) is 12.1 Å². The molecule has 3 rings (SSSR count). The van der Waals surface area contributed by atoms with Crippen LogP contribution in [0.2, 0.25) is 0 Å². The van der Waals surface area contributed by atoms with E-state index in [1.165, 1.54) is 37.1 Å². The lowest BCUT2D eigenvalue weighted by Gasteiger charge is -2.07. The van der Waals surface area contributed by atoms with Gasteiger partial charge in [-0.25, -0.2) is 4.79 Å². The topological polar surface area (TPSA) is 75.0 Å². The average Bonchev–Trinajstić information content (AvgIpc) is 2.64. The third kappa shape index (κ3) is 3.63. The van der Waals surface area contributed by atoms with Crippen molar-refractivity contribution in [1.29, 1.82) is 0 Å². The Morgan fingerprint density at radius 2 is 1.80 bits per heavy atom. The minimum Gasteiger partial charge on any atom is -0.460 e. The summed E-state index contributed by atoms with van der Waals surface area (Å²) < 4.78 is 20.4. The predicted molar refractivity (Wildman–Crippen MR) is 91.4 cm³/mol. The van der Waals surface area contributed by atoms with E-state index in [2.05, 4.69) is 11.7 Å². The van der Waals surface area contributed by atoms with E-state index in [4.69, 9.17) is 13.9 Å². The Hall–Kier alpha value is -3.28. The molecule has 25 heavy (non-hydrogen) atoms. The number of ether oxygens (including phenoxy) is 3. The molecule has 1 heterocycles. The summed E-state index contributed by atoms with van der Waals surface area (Å²) in [5.74, 6) is 0.846. The molecule has 2 aromatic carbocycles. The number of rotatable bonds is 4. The van der Waals surface area contributed by atoms with Gasteiger partial charge in [0, 0.05) is 6.07 Å². The molecule has 0 saturated carbocycles. The maximum atomic E-state index is 12.5. The molecule has 0 aliphatic carbocycles. The van der Waals surface area contributed by atoms with E-state index in [9.17, 15) is 9.59 Å². The van der Waals surface area contributed by atoms with Gasteiger partial charge in [-0.1, -0.05) is 19.1 Å². The molecule has 0 spiro atoms. The molecule has 3 aromatic rings. The molecule has 0 saturated heterocycles. The summed E-state index contributed by atoms with van der Waals surface area (Å²) in [6.45, 7) is 2.06. The van der Waals surface area contributed by atoms with Crippen LogP contribution in [0.1, 0.15) is 12.5 Å². The van der Waals surface area contributed by atoms with E-state index in [0.717, 1.165) is 6.42 Å². The summed E-state index contributed by atoms with van der Waals surface area (Å²) in [5.41, 5.74) is 1.14. The van der Waals surface area contributed by atoms with Gasteiger partial charge in [0.05, 0.1) is 12.5 Å². The second-order valence-electron chi connectivity index (χ2n) is 5.24. The van der Waals surface area contributed by atoms with Gasteiger partial charge in [-0.2, -0.15) is 0 Å². The third-order valence-corrected chi connectivity index (χ3v) is 3.64. The van der Waals surface area contributed by atoms with E-state index in [-0.39, 0.29) is 22.5 Å². The standard InChI is InChI=1S/C19H16O6/c1-3-12-4-6-13(7-5-12)24-17-11-23-16-10-14(25-19(21)22-2)8-9-15(16)18(17)20/h4-11H,3H2,1-2H3. The molecule has 0 atom stereocenters. The van der Waals surface area contributed by atoms with Gasteiger partial charge in [0.2, 0.25) is 11.2 Å². The number of fused-ring (bicyclic) bond motifs is 1. The highest BCUT2D eigenvalue weighted by Gasteiger charge is 2.12. The molecule has 0 aliphatic rings. The van der Waals surface area contributed by atoms with Crippen molar-refractivity contribution in [1.82, 2.24) is 0 Å². The highest BCUT2D eigenvalue weighted by molar-refractivity contribution is 5.80. The van der Waals surface area contributed by atoms with Crippen molar-refractivity contribution < 1.29 is 23.4 Å². The van der Waals surface area contributed by atoms with Crippen molar-refractivity contribution in [2.75, 3.05) is 7.11 Å². The summed E-state index contributed by atoms with van der Waals surface area (Å²) in [5, 5.41) is 0.319. The maximum Gasteiger partial charge on any atom is 0.513 e. The third-order valence-electron chi connectivity index (χ3n) is 3.64. The lowest BCUT2D eigenvalue weighted by molar-refractivity contribution is 0.121. The number of aryl methyl sites for hydroxylation is 1. The minimum atomic E-state index is -0.850. The van der Waals surface area contributed by atoms with Crippen LogP contribution in [0.25, 0.3) is 11.0 Å². The largest absolute Gasteiger partial charge is 0.513 e. The van der Waals surface area contributed by atoms with Crippen LogP contribution in [0.15, 0.2) is 57.9 Å². The molecule has 6 nitrogen and oxygen atoms in total. The second-order valence-corrected chi connectivity index (χ2v) is 5.24. The van der Waals surface area contributed by atoms with Crippen molar-refractivity contribution in [3.05, 3.63) is 64.5 Å². The smallest absolute Gasteiger partial charge is 0.460 e. The van der Waals surface area contributed by atoms with Gasteiger partial charge in [0.1, 0.15) is 23.3 Å². The fraction of sp³-hybridized carbons (Fsp3) is 0.158. The van der Waals surface area contributed by atoms with Gasteiger partial charge in [0.15, 0.2) is 0 Å². The molecule has 0 radical (unpaired) electrons. The van der Waals surface area contributed by atoms with Crippen LogP contribution in [0.3, 0.4) is 0 Å². The minimum absolute atomic E-state index is 0.0818. The van der Waals surface area contributed by atoms with Crippen LogP contribution in [-0.4, -0.2) is 13.3 Å². The summed E-state index contributed by atoms with van der Waals surface area (Å²) in [4.78, 5) is 23.7. The number of carbonyl (C=O) groups is 1. The fourth-order valence-electron chi connectivity index (χ4n) is 2.28. The zero-order valence-corrected chi connectivity index (χ0v) is 13.8. The molecule has 0 bridgehead atoms. The van der Waals surface area contributed by atoms with Crippen molar-refractivity contribution in [3.63, 3.8) is 0 Å². The molecule has 0 amide bonds. The van der Waals surface area contributed by atoms with E-state index in [0.29, 0.717) is 11.1 Å². The highest BCUT2D eigenvalue weighted by atomic mass is 16.7. The number of hydrogen-bond donors (Lipinski definition) is 0. The second kappa shape index (κ2) is 7.09. The maximum absolute atomic E-state index is 12.5. The van der Waals surface area contributed by atoms with Gasteiger partial charge in [0.25, 0.3) is 0 Å². The Kier molecular flexibility index (Phi) is 4.70. The van der Waals surface area contributed by atoms with Gasteiger partial charge in [-0.15, -0.1) is 0 Å². The summed E-state index contributed by atoms with van der Waals surface area (Å²) in [6.07, 6.45) is 1.31. The van der Waals surface area contributed by atoms with Gasteiger partial charge in [-0.3, -0.25) is 4.79 Å². The van der Waals surface area contributed by atoms with Gasteiger partial charge in [-0.05, 0) is 36.2 Å². The Labute approximate surface area is 143 Å². The number of benzene rings is 2. The monoisotopic (exact) mass is 340 g/mol. The number of carbonyl (C=O) groups excluding carboxylic acids is 1. The normalized spacial score (nSPS) is 10.5. The summed E-state index contributed by atoms with van der Waals surface area (Å²) >= 11 is 0. The van der Waals surface area contributed by atoms with Gasteiger partial charge >= 0.3 is 6.16 Å². The van der Waals surface area contributed by atoms with E-state index >= 15 is 0 Å². The number of methoxy groups -OCH3 is 1. The quantitative estimate of drug-likeness (QED) is 0.521. The molecule has 6 heteroatoms. The highest BCUT2D eigenvalue weighted by Crippen LogP contribution is 2.24. The van der Waals surface area contributed by atoms with Crippen molar-refractivity contribution in [2.24, 2.45) is 0 Å². The first-order valence-corrected chi connectivity index (χ1v) is 7.69. The molecule has 128 valence electrons. The average molecular weight is 340 g/mol. The first-order valence-electron chi connectivity index (χ1n) is 7.69.